The summed E-state index contributed by atoms with van der Waals surface area (Å²) in [4.78, 5) is 28.1. The van der Waals surface area contributed by atoms with Crippen LogP contribution in [0.15, 0.2) is 12.1 Å². The van der Waals surface area contributed by atoms with Crippen molar-refractivity contribution in [2.45, 2.75) is 27.1 Å². The Labute approximate surface area is 182 Å². The van der Waals surface area contributed by atoms with Crippen LogP contribution in [0.5, 0.6) is 5.75 Å². The summed E-state index contributed by atoms with van der Waals surface area (Å²) in [5.41, 5.74) is 3.41. The molecule has 1 saturated heterocycles. The third-order valence-electron chi connectivity index (χ3n) is 5.42. The smallest absolute Gasteiger partial charge is 0.244 e. The van der Waals surface area contributed by atoms with E-state index in [0.29, 0.717) is 37.4 Å². The number of hydrogen-bond donors (Lipinski definition) is 0. The highest BCUT2D eigenvalue weighted by Crippen LogP contribution is 2.31. The lowest BCUT2D eigenvalue weighted by atomic mass is 10.1. The first kappa shape index (κ1) is 21.5. The Bertz CT molecular complexity index is 923. The van der Waals surface area contributed by atoms with Gasteiger partial charge in [0.1, 0.15) is 19.0 Å². The number of nitrogens with zero attached hydrogens (tertiary/aromatic N) is 4. The summed E-state index contributed by atoms with van der Waals surface area (Å²) in [5.74, 6) is 0.675. The van der Waals surface area contributed by atoms with Crippen molar-refractivity contribution in [3.63, 3.8) is 0 Å². The normalized spacial score (nSPS) is 14.2. The van der Waals surface area contributed by atoms with Crippen molar-refractivity contribution in [3.8, 4) is 5.75 Å². The number of rotatable bonds is 6. The number of alkyl halides is 1. The summed E-state index contributed by atoms with van der Waals surface area (Å²) in [5, 5.41) is 4.21. The van der Waals surface area contributed by atoms with Gasteiger partial charge in [0.2, 0.25) is 5.91 Å². The maximum atomic E-state index is 13.0. The fraction of sp³-hybridized carbons (Fsp3) is 0.450. The van der Waals surface area contributed by atoms with Gasteiger partial charge in [-0.1, -0.05) is 0 Å². The maximum Gasteiger partial charge on any atom is 0.244 e. The van der Waals surface area contributed by atoms with Gasteiger partial charge in [0, 0.05) is 43.5 Å². The molecule has 7 nitrogen and oxygen atoms in total. The van der Waals surface area contributed by atoms with Crippen LogP contribution in [0.1, 0.15) is 27.3 Å². The van der Waals surface area contributed by atoms with Crippen molar-refractivity contribution in [1.82, 2.24) is 14.7 Å². The molecule has 29 heavy (non-hydrogen) atoms. The van der Waals surface area contributed by atoms with Crippen molar-refractivity contribution in [2.75, 3.05) is 38.2 Å². The summed E-state index contributed by atoms with van der Waals surface area (Å²) in [6, 6.07) is 3.68. The van der Waals surface area contributed by atoms with E-state index in [-0.39, 0.29) is 12.5 Å². The van der Waals surface area contributed by atoms with Crippen molar-refractivity contribution < 1.29 is 18.7 Å². The van der Waals surface area contributed by atoms with Gasteiger partial charge in [-0.3, -0.25) is 14.3 Å². The molecule has 0 unspecified atom stereocenters. The van der Waals surface area contributed by atoms with Crippen molar-refractivity contribution >= 4 is 40.5 Å². The average molecular weight is 514 g/mol. The SMILES string of the molecule is COc1cc(N2CCN(C(=O)Cn3nc(CF)c(C)c3C)CC2)c(C=O)cc1I. The monoisotopic (exact) mass is 514 g/mol. The fourth-order valence-corrected chi connectivity index (χ4v) is 4.20. The number of hydrogen-bond acceptors (Lipinski definition) is 5. The van der Waals surface area contributed by atoms with Crippen LogP contribution in [0.4, 0.5) is 10.1 Å². The van der Waals surface area contributed by atoms with E-state index in [0.717, 1.165) is 32.6 Å². The van der Waals surface area contributed by atoms with Gasteiger partial charge in [-0.25, -0.2) is 4.39 Å². The van der Waals surface area contributed by atoms with Crippen LogP contribution in [-0.2, 0) is 18.0 Å². The predicted molar refractivity (Wildman–Crippen MR) is 116 cm³/mol. The maximum absolute atomic E-state index is 13.0. The summed E-state index contributed by atoms with van der Waals surface area (Å²) >= 11 is 2.14. The fourth-order valence-electron chi connectivity index (χ4n) is 3.49. The Morgan fingerprint density at radius 3 is 2.52 bits per heavy atom. The molecule has 1 aliphatic rings. The Morgan fingerprint density at radius 1 is 1.28 bits per heavy atom. The number of piperazine rings is 1. The molecular weight excluding hydrogens is 490 g/mol. The molecule has 0 bridgehead atoms. The van der Waals surface area contributed by atoms with Gasteiger partial charge in [-0.2, -0.15) is 5.10 Å². The summed E-state index contributed by atoms with van der Waals surface area (Å²) < 4.78 is 20.8. The Morgan fingerprint density at radius 2 is 1.97 bits per heavy atom. The molecule has 2 aromatic rings. The third kappa shape index (κ3) is 4.39. The molecule has 2 heterocycles. The molecule has 0 N–H and O–H groups in total. The van der Waals surface area contributed by atoms with E-state index in [2.05, 4.69) is 32.6 Å². The zero-order valence-corrected chi connectivity index (χ0v) is 18.9. The minimum atomic E-state index is -0.634. The van der Waals surface area contributed by atoms with E-state index < -0.39 is 6.67 Å². The van der Waals surface area contributed by atoms with E-state index in [4.69, 9.17) is 4.74 Å². The number of carbonyl (C=O) groups excluding carboxylic acids is 2. The molecule has 0 atom stereocenters. The molecule has 3 rings (SSSR count). The first-order chi connectivity index (χ1) is 13.9. The average Bonchev–Trinajstić information content (AvgIpc) is 3.01. The van der Waals surface area contributed by atoms with Crippen molar-refractivity contribution in [3.05, 3.63) is 38.2 Å². The second-order valence-electron chi connectivity index (χ2n) is 6.98. The molecule has 156 valence electrons. The molecule has 1 aromatic carbocycles. The van der Waals surface area contributed by atoms with Crippen molar-refractivity contribution in [1.29, 1.82) is 0 Å². The number of aromatic nitrogens is 2. The van der Waals surface area contributed by atoms with Gasteiger partial charge in [0.15, 0.2) is 6.29 Å². The number of carbonyl (C=O) groups is 2. The molecule has 0 radical (unpaired) electrons. The minimum absolute atomic E-state index is 0.0449. The van der Waals surface area contributed by atoms with E-state index in [1.54, 1.807) is 16.7 Å². The van der Waals surface area contributed by atoms with Crippen LogP contribution < -0.4 is 9.64 Å². The molecule has 9 heteroatoms. The molecule has 0 saturated carbocycles. The lowest BCUT2D eigenvalue weighted by Gasteiger charge is -2.36. The molecular formula is C20H24FIN4O3. The van der Waals surface area contributed by atoms with Crippen LogP contribution >= 0.6 is 22.6 Å². The predicted octanol–water partition coefficient (Wildman–Crippen LogP) is 2.74. The second kappa shape index (κ2) is 9.10. The number of methoxy groups -OCH3 is 1. The van der Waals surface area contributed by atoms with Gasteiger partial charge in [0.05, 0.1) is 22.1 Å². The molecule has 1 amide bonds. The Hall–Kier alpha value is -2.17. The zero-order chi connectivity index (χ0) is 21.1. The summed E-state index contributed by atoms with van der Waals surface area (Å²) in [6.07, 6.45) is 0.847. The van der Waals surface area contributed by atoms with Gasteiger partial charge >= 0.3 is 0 Å². The highest BCUT2D eigenvalue weighted by atomic mass is 127. The molecule has 1 fully saturated rings. The van der Waals surface area contributed by atoms with Crippen LogP contribution in [0.3, 0.4) is 0 Å². The van der Waals surface area contributed by atoms with Gasteiger partial charge in [-0.15, -0.1) is 0 Å². The first-order valence-corrected chi connectivity index (χ1v) is 10.4. The molecule has 0 spiro atoms. The second-order valence-corrected chi connectivity index (χ2v) is 8.14. The Kier molecular flexibility index (Phi) is 6.76. The highest BCUT2D eigenvalue weighted by molar-refractivity contribution is 14.1. The van der Waals surface area contributed by atoms with Crippen LogP contribution in [-0.4, -0.2) is 60.2 Å². The number of benzene rings is 1. The van der Waals surface area contributed by atoms with Gasteiger partial charge in [-0.05, 0) is 48.1 Å². The van der Waals surface area contributed by atoms with Crippen LogP contribution in [0.2, 0.25) is 0 Å². The topological polar surface area (TPSA) is 67.7 Å². The Balaban J connectivity index is 1.68. The van der Waals surface area contributed by atoms with Gasteiger partial charge in [0.25, 0.3) is 0 Å². The largest absolute Gasteiger partial charge is 0.496 e. The lowest BCUT2D eigenvalue weighted by molar-refractivity contribution is -0.132. The highest BCUT2D eigenvalue weighted by Gasteiger charge is 2.24. The van der Waals surface area contributed by atoms with E-state index in [9.17, 15) is 14.0 Å². The number of anilines is 1. The summed E-state index contributed by atoms with van der Waals surface area (Å²) in [6.45, 7) is 5.44. The third-order valence-corrected chi connectivity index (χ3v) is 6.26. The van der Waals surface area contributed by atoms with Crippen LogP contribution in [0, 0.1) is 17.4 Å². The lowest BCUT2D eigenvalue weighted by Crippen LogP contribution is -2.50. The number of aldehydes is 1. The quantitative estimate of drug-likeness (QED) is 0.438. The van der Waals surface area contributed by atoms with Crippen molar-refractivity contribution in [2.24, 2.45) is 0 Å². The van der Waals surface area contributed by atoms with E-state index in [1.165, 1.54) is 0 Å². The van der Waals surface area contributed by atoms with Crippen LogP contribution in [0.25, 0.3) is 0 Å². The molecule has 1 aromatic heterocycles. The number of amides is 1. The first-order valence-electron chi connectivity index (χ1n) is 9.33. The minimum Gasteiger partial charge on any atom is -0.496 e. The summed E-state index contributed by atoms with van der Waals surface area (Å²) in [7, 11) is 1.60. The zero-order valence-electron chi connectivity index (χ0n) is 16.7. The van der Waals surface area contributed by atoms with E-state index >= 15 is 0 Å². The standard InChI is InChI=1S/C20H24FIN4O3/c1-13-14(2)26(23-17(13)10-21)11-20(28)25-6-4-24(5-7-25)18-9-19(29-3)16(22)8-15(18)12-27/h8-9,12H,4-7,10-11H2,1-3H3. The number of halogens is 2. The van der Waals surface area contributed by atoms with Gasteiger partial charge < -0.3 is 14.5 Å². The van der Waals surface area contributed by atoms with E-state index in [1.807, 2.05) is 26.0 Å². The molecule has 1 aliphatic heterocycles. The number of ether oxygens (including phenoxy) is 1. The molecule has 0 aliphatic carbocycles.